The normalized spacial score (nSPS) is 25.6. The van der Waals surface area contributed by atoms with E-state index in [9.17, 15) is 0 Å². The van der Waals surface area contributed by atoms with E-state index in [1.807, 2.05) is 13.2 Å². The molecule has 2 fully saturated rings. The van der Waals surface area contributed by atoms with E-state index >= 15 is 0 Å². The Labute approximate surface area is 138 Å². The highest BCUT2D eigenvalue weighted by atomic mass is 16.5. The summed E-state index contributed by atoms with van der Waals surface area (Å²) in [5, 5.41) is 3.38. The Kier molecular flexibility index (Phi) is 4.36. The summed E-state index contributed by atoms with van der Waals surface area (Å²) in [4.78, 5) is 11.1. The molecule has 2 aliphatic rings. The first-order chi connectivity index (χ1) is 10.9. The zero-order valence-corrected chi connectivity index (χ0v) is 14.7. The minimum atomic E-state index is -0.0171. The maximum Gasteiger partial charge on any atom is 0.213 e. The number of ether oxygens (including phenoxy) is 1. The lowest BCUT2D eigenvalue weighted by molar-refractivity contribution is 0.156. The van der Waals surface area contributed by atoms with Gasteiger partial charge in [0.1, 0.15) is 5.76 Å². The molecular formula is C17H28N4O2. The van der Waals surface area contributed by atoms with Gasteiger partial charge in [-0.25, -0.2) is 4.98 Å². The topological polar surface area (TPSA) is 62.9 Å². The Morgan fingerprint density at radius 2 is 2.26 bits per heavy atom. The highest BCUT2D eigenvalue weighted by Gasteiger charge is 2.42. The van der Waals surface area contributed by atoms with Crippen molar-refractivity contribution in [2.45, 2.75) is 45.6 Å². The van der Waals surface area contributed by atoms with Crippen molar-refractivity contribution in [1.29, 1.82) is 0 Å². The lowest BCUT2D eigenvalue weighted by Crippen LogP contribution is -2.41. The van der Waals surface area contributed by atoms with Crippen molar-refractivity contribution in [3.05, 3.63) is 17.8 Å². The molecule has 0 radical (unpaired) electrons. The second-order valence-electron chi connectivity index (χ2n) is 7.74. The molecule has 2 saturated heterocycles. The summed E-state index contributed by atoms with van der Waals surface area (Å²) < 4.78 is 11.4. The predicted molar refractivity (Wildman–Crippen MR) is 89.5 cm³/mol. The van der Waals surface area contributed by atoms with Crippen LogP contribution < -0.4 is 5.32 Å². The first kappa shape index (κ1) is 16.3. The number of hydrogen-bond donors (Lipinski definition) is 1. The average Bonchev–Trinajstić information content (AvgIpc) is 3.22. The molecule has 0 bridgehead atoms. The Balaban J connectivity index is 1.57. The largest absolute Gasteiger partial charge is 0.443 e. The Morgan fingerprint density at radius 1 is 1.43 bits per heavy atom. The average molecular weight is 320 g/mol. The minimum absolute atomic E-state index is 0.0171. The molecule has 1 aromatic heterocycles. The molecule has 0 aliphatic carbocycles. The van der Waals surface area contributed by atoms with Crippen LogP contribution in [0.3, 0.4) is 0 Å². The van der Waals surface area contributed by atoms with Gasteiger partial charge in [0.25, 0.3) is 0 Å². The Hall–Kier alpha value is -1.56. The van der Waals surface area contributed by atoms with Crippen LogP contribution in [-0.4, -0.2) is 49.2 Å². The maximum absolute atomic E-state index is 5.83. The molecule has 6 heteroatoms. The molecule has 0 aromatic carbocycles. The van der Waals surface area contributed by atoms with Crippen LogP contribution in [0.2, 0.25) is 0 Å². The highest BCUT2D eigenvalue weighted by Crippen LogP contribution is 2.38. The monoisotopic (exact) mass is 320 g/mol. The fraction of sp³-hybridized carbons (Fsp3) is 0.765. The smallest absolute Gasteiger partial charge is 0.213 e. The number of rotatable bonds is 2. The van der Waals surface area contributed by atoms with Crippen LogP contribution in [0.4, 0.5) is 0 Å². The molecule has 1 N–H and O–H groups in total. The first-order valence-electron chi connectivity index (χ1n) is 8.40. The summed E-state index contributed by atoms with van der Waals surface area (Å²) in [6.07, 6.45) is 4.16. The van der Waals surface area contributed by atoms with Gasteiger partial charge in [-0.2, -0.15) is 0 Å². The number of aliphatic imine (C=N–C) groups is 1. The standard InChI is InChI=1S/C17H28N4O2/c1-16(2,3)13-9-19-14(23-13)10-20-15(18-4)21-7-5-17(11-21)6-8-22-12-17/h9H,5-8,10-12H2,1-4H3,(H,18,20). The first-order valence-corrected chi connectivity index (χ1v) is 8.40. The molecule has 1 aromatic rings. The van der Waals surface area contributed by atoms with Gasteiger partial charge in [-0.3, -0.25) is 4.99 Å². The molecule has 23 heavy (non-hydrogen) atoms. The minimum Gasteiger partial charge on any atom is -0.443 e. The molecule has 0 amide bonds. The fourth-order valence-corrected chi connectivity index (χ4v) is 3.31. The van der Waals surface area contributed by atoms with Gasteiger partial charge in [0.15, 0.2) is 5.96 Å². The Bertz CT molecular complexity index is 567. The van der Waals surface area contributed by atoms with Crippen molar-refractivity contribution >= 4 is 5.96 Å². The predicted octanol–water partition coefficient (Wildman–Crippen LogP) is 2.16. The number of hydrogen-bond acceptors (Lipinski definition) is 4. The van der Waals surface area contributed by atoms with Gasteiger partial charge < -0.3 is 19.4 Å². The van der Waals surface area contributed by atoms with E-state index in [0.29, 0.717) is 17.9 Å². The number of nitrogens with zero attached hydrogens (tertiary/aromatic N) is 3. The van der Waals surface area contributed by atoms with Gasteiger partial charge in [0.2, 0.25) is 5.89 Å². The van der Waals surface area contributed by atoms with Crippen molar-refractivity contribution in [3.63, 3.8) is 0 Å². The molecule has 3 heterocycles. The van der Waals surface area contributed by atoms with E-state index in [1.54, 1.807) is 0 Å². The summed E-state index contributed by atoms with van der Waals surface area (Å²) in [5.41, 5.74) is 0.316. The number of aromatic nitrogens is 1. The van der Waals surface area contributed by atoms with E-state index in [2.05, 4.69) is 41.0 Å². The van der Waals surface area contributed by atoms with Crippen molar-refractivity contribution in [3.8, 4) is 0 Å². The van der Waals surface area contributed by atoms with E-state index in [4.69, 9.17) is 9.15 Å². The van der Waals surface area contributed by atoms with Gasteiger partial charge in [0.05, 0.1) is 19.3 Å². The summed E-state index contributed by atoms with van der Waals surface area (Å²) in [5.74, 6) is 2.53. The summed E-state index contributed by atoms with van der Waals surface area (Å²) in [6, 6.07) is 0. The van der Waals surface area contributed by atoms with E-state index in [1.165, 1.54) is 6.42 Å². The van der Waals surface area contributed by atoms with E-state index in [-0.39, 0.29) is 5.41 Å². The van der Waals surface area contributed by atoms with Crippen LogP contribution in [0.15, 0.2) is 15.6 Å². The van der Waals surface area contributed by atoms with E-state index in [0.717, 1.165) is 44.4 Å². The molecule has 0 saturated carbocycles. The summed E-state index contributed by atoms with van der Waals surface area (Å²) >= 11 is 0. The maximum atomic E-state index is 5.83. The number of nitrogens with one attached hydrogen (secondary N) is 1. The Morgan fingerprint density at radius 3 is 2.87 bits per heavy atom. The third-order valence-electron chi connectivity index (χ3n) is 4.83. The third-order valence-corrected chi connectivity index (χ3v) is 4.83. The van der Waals surface area contributed by atoms with Gasteiger partial charge in [0, 0.05) is 37.6 Å². The van der Waals surface area contributed by atoms with Crippen LogP contribution in [0.25, 0.3) is 0 Å². The highest BCUT2D eigenvalue weighted by molar-refractivity contribution is 5.80. The van der Waals surface area contributed by atoms with Crippen LogP contribution >= 0.6 is 0 Å². The quantitative estimate of drug-likeness (QED) is 0.668. The van der Waals surface area contributed by atoms with Crippen molar-refractivity contribution in [2.75, 3.05) is 33.4 Å². The summed E-state index contributed by atoms with van der Waals surface area (Å²) in [6.45, 7) is 10.8. The van der Waals surface area contributed by atoms with Crippen LogP contribution in [0.1, 0.15) is 45.3 Å². The number of guanidine groups is 1. The van der Waals surface area contributed by atoms with Gasteiger partial charge in [-0.05, 0) is 12.8 Å². The van der Waals surface area contributed by atoms with Gasteiger partial charge >= 0.3 is 0 Å². The zero-order chi connectivity index (χ0) is 16.5. The van der Waals surface area contributed by atoms with E-state index < -0.39 is 0 Å². The van der Waals surface area contributed by atoms with Crippen LogP contribution in [0, 0.1) is 5.41 Å². The lowest BCUT2D eigenvalue weighted by atomic mass is 9.87. The van der Waals surface area contributed by atoms with Crippen LogP contribution in [-0.2, 0) is 16.7 Å². The molecule has 1 spiro atoms. The molecule has 2 aliphatic heterocycles. The van der Waals surface area contributed by atoms with Gasteiger partial charge in [-0.15, -0.1) is 0 Å². The molecule has 6 nitrogen and oxygen atoms in total. The summed E-state index contributed by atoms with van der Waals surface area (Å²) in [7, 11) is 1.83. The number of likely N-dealkylation sites (tertiary alicyclic amines) is 1. The zero-order valence-electron chi connectivity index (χ0n) is 14.7. The third kappa shape index (κ3) is 3.52. The second-order valence-corrected chi connectivity index (χ2v) is 7.74. The SMILES string of the molecule is CN=C(NCc1ncc(C(C)(C)C)o1)N1CCC2(CCOC2)C1. The van der Waals surface area contributed by atoms with Crippen molar-refractivity contribution in [1.82, 2.24) is 15.2 Å². The second kappa shape index (κ2) is 6.15. The number of oxazole rings is 1. The van der Waals surface area contributed by atoms with Crippen LogP contribution in [0.5, 0.6) is 0 Å². The molecule has 1 atom stereocenters. The molecule has 3 rings (SSSR count). The lowest BCUT2D eigenvalue weighted by Gasteiger charge is -2.24. The molecule has 1 unspecified atom stereocenters. The fourth-order valence-electron chi connectivity index (χ4n) is 3.31. The van der Waals surface area contributed by atoms with Crippen molar-refractivity contribution < 1.29 is 9.15 Å². The van der Waals surface area contributed by atoms with Crippen molar-refractivity contribution in [2.24, 2.45) is 10.4 Å². The molecular weight excluding hydrogens is 292 g/mol. The van der Waals surface area contributed by atoms with Gasteiger partial charge in [-0.1, -0.05) is 20.8 Å². The molecule has 128 valence electrons.